The summed E-state index contributed by atoms with van der Waals surface area (Å²) in [5, 5.41) is 2.94. The average Bonchev–Trinajstić information content (AvgIpc) is 3.54. The molecule has 0 spiro atoms. The van der Waals surface area contributed by atoms with Crippen LogP contribution in [0.4, 0.5) is 11.4 Å². The highest BCUT2D eigenvalue weighted by atomic mass is 16.2. The van der Waals surface area contributed by atoms with Crippen LogP contribution in [0.3, 0.4) is 0 Å². The first-order valence-corrected chi connectivity index (χ1v) is 11.0. The van der Waals surface area contributed by atoms with E-state index in [1.54, 1.807) is 24.3 Å². The van der Waals surface area contributed by atoms with Crippen molar-refractivity contribution in [2.45, 2.75) is 20.3 Å². The number of carbonyl (C=O) groups is 3. The predicted molar refractivity (Wildman–Crippen MR) is 118 cm³/mol. The van der Waals surface area contributed by atoms with Crippen LogP contribution in [0.15, 0.2) is 54.6 Å². The van der Waals surface area contributed by atoms with Gasteiger partial charge in [0.25, 0.3) is 5.91 Å². The minimum absolute atomic E-state index is 0.0767. The van der Waals surface area contributed by atoms with Crippen LogP contribution in [0, 0.1) is 49.4 Å². The number of imide groups is 1. The van der Waals surface area contributed by atoms with Gasteiger partial charge >= 0.3 is 0 Å². The minimum Gasteiger partial charge on any atom is -0.322 e. The predicted octanol–water partition coefficient (Wildman–Crippen LogP) is 4.11. The fourth-order valence-electron chi connectivity index (χ4n) is 6.12. The largest absolute Gasteiger partial charge is 0.322 e. The lowest BCUT2D eigenvalue weighted by atomic mass is 9.63. The Morgan fingerprint density at radius 1 is 0.903 bits per heavy atom. The summed E-state index contributed by atoms with van der Waals surface area (Å²) in [5.41, 5.74) is 3.96. The molecule has 2 bridgehead atoms. The molecular weight excluding hydrogens is 388 g/mol. The third-order valence-electron chi connectivity index (χ3n) is 7.68. The lowest BCUT2D eigenvalue weighted by Gasteiger charge is -2.37. The summed E-state index contributed by atoms with van der Waals surface area (Å²) in [6.07, 6.45) is 5.50. The number of nitrogens with zero attached hydrogens (tertiary/aromatic N) is 1. The summed E-state index contributed by atoms with van der Waals surface area (Å²) < 4.78 is 0. The molecular formula is C26H24N2O3. The molecule has 5 aliphatic rings. The topological polar surface area (TPSA) is 66.5 Å². The second-order valence-electron chi connectivity index (χ2n) is 9.49. The number of amides is 3. The number of aryl methyl sites for hydroxylation is 2. The Labute approximate surface area is 181 Å². The molecule has 2 saturated carbocycles. The van der Waals surface area contributed by atoms with E-state index in [2.05, 4.69) is 17.5 Å². The van der Waals surface area contributed by atoms with Gasteiger partial charge in [0.05, 0.1) is 17.5 Å². The molecule has 5 heteroatoms. The summed E-state index contributed by atoms with van der Waals surface area (Å²) >= 11 is 0. The molecule has 1 heterocycles. The quantitative estimate of drug-likeness (QED) is 0.609. The van der Waals surface area contributed by atoms with Gasteiger partial charge in [0.1, 0.15) is 0 Å². The van der Waals surface area contributed by atoms with Crippen molar-refractivity contribution in [1.29, 1.82) is 0 Å². The number of allylic oxidation sites excluding steroid dienone is 2. The normalized spacial score (nSPS) is 32.1. The number of benzene rings is 2. The van der Waals surface area contributed by atoms with Crippen LogP contribution in [0.5, 0.6) is 0 Å². The Morgan fingerprint density at radius 3 is 2.10 bits per heavy atom. The van der Waals surface area contributed by atoms with E-state index in [0.29, 0.717) is 23.1 Å². The number of carbonyl (C=O) groups excluding carboxylic acids is 3. The first kappa shape index (κ1) is 18.6. The van der Waals surface area contributed by atoms with Crippen LogP contribution in [-0.4, -0.2) is 17.7 Å². The monoisotopic (exact) mass is 412 g/mol. The van der Waals surface area contributed by atoms with Crippen molar-refractivity contribution < 1.29 is 14.4 Å². The van der Waals surface area contributed by atoms with Crippen molar-refractivity contribution in [3.63, 3.8) is 0 Å². The zero-order valence-corrected chi connectivity index (χ0v) is 17.5. The molecule has 2 aromatic carbocycles. The van der Waals surface area contributed by atoms with Gasteiger partial charge in [-0.1, -0.05) is 29.8 Å². The van der Waals surface area contributed by atoms with Crippen LogP contribution in [0.2, 0.25) is 0 Å². The maximum Gasteiger partial charge on any atom is 0.255 e. The van der Waals surface area contributed by atoms with Gasteiger partial charge in [0, 0.05) is 11.3 Å². The van der Waals surface area contributed by atoms with Crippen molar-refractivity contribution in [2.75, 3.05) is 10.2 Å². The molecule has 4 aliphatic carbocycles. The highest BCUT2D eigenvalue weighted by Crippen LogP contribution is 2.65. The van der Waals surface area contributed by atoms with Gasteiger partial charge in [-0.2, -0.15) is 0 Å². The van der Waals surface area contributed by atoms with Crippen LogP contribution in [0.25, 0.3) is 0 Å². The van der Waals surface area contributed by atoms with E-state index < -0.39 is 0 Å². The lowest BCUT2D eigenvalue weighted by Crippen LogP contribution is -2.40. The molecule has 6 atom stereocenters. The summed E-state index contributed by atoms with van der Waals surface area (Å²) in [7, 11) is 0. The van der Waals surface area contributed by atoms with Gasteiger partial charge < -0.3 is 5.32 Å². The summed E-state index contributed by atoms with van der Waals surface area (Å²) in [4.78, 5) is 40.5. The maximum absolute atomic E-state index is 13.2. The summed E-state index contributed by atoms with van der Waals surface area (Å²) in [5.74, 6) is 0.812. The Balaban J connectivity index is 1.23. The van der Waals surface area contributed by atoms with Crippen LogP contribution >= 0.6 is 0 Å². The van der Waals surface area contributed by atoms with Gasteiger partial charge in [-0.05, 0) is 79.8 Å². The molecule has 31 heavy (non-hydrogen) atoms. The van der Waals surface area contributed by atoms with Gasteiger partial charge in [-0.15, -0.1) is 0 Å². The maximum atomic E-state index is 13.2. The van der Waals surface area contributed by atoms with E-state index in [1.165, 1.54) is 4.90 Å². The Bertz CT molecular complexity index is 1130. The number of hydrogen-bond donors (Lipinski definition) is 1. The zero-order valence-electron chi connectivity index (χ0n) is 17.5. The molecule has 1 N–H and O–H groups in total. The highest BCUT2D eigenvalue weighted by molar-refractivity contribution is 6.22. The molecule has 7 rings (SSSR count). The molecule has 3 fully saturated rings. The average molecular weight is 412 g/mol. The minimum atomic E-state index is -0.214. The van der Waals surface area contributed by atoms with Crippen LogP contribution in [-0.2, 0) is 9.59 Å². The van der Waals surface area contributed by atoms with E-state index in [9.17, 15) is 14.4 Å². The second-order valence-corrected chi connectivity index (χ2v) is 9.49. The van der Waals surface area contributed by atoms with Crippen molar-refractivity contribution in [3.8, 4) is 0 Å². The van der Waals surface area contributed by atoms with Crippen molar-refractivity contribution >= 4 is 29.1 Å². The molecule has 0 aromatic heterocycles. The number of rotatable bonds is 3. The third-order valence-corrected chi connectivity index (χ3v) is 7.68. The van der Waals surface area contributed by atoms with E-state index in [-0.39, 0.29) is 41.4 Å². The lowest BCUT2D eigenvalue weighted by molar-refractivity contribution is -0.124. The summed E-state index contributed by atoms with van der Waals surface area (Å²) in [6.45, 7) is 3.97. The molecule has 1 aliphatic heterocycles. The Kier molecular flexibility index (Phi) is 3.83. The van der Waals surface area contributed by atoms with Crippen LogP contribution < -0.4 is 10.2 Å². The van der Waals surface area contributed by atoms with Crippen molar-refractivity contribution in [1.82, 2.24) is 0 Å². The summed E-state index contributed by atoms with van der Waals surface area (Å²) in [6, 6.07) is 12.7. The van der Waals surface area contributed by atoms with E-state index >= 15 is 0 Å². The third kappa shape index (κ3) is 2.65. The molecule has 0 unspecified atom stereocenters. The molecule has 2 aromatic rings. The molecule has 156 valence electrons. The fourth-order valence-corrected chi connectivity index (χ4v) is 6.12. The van der Waals surface area contributed by atoms with Gasteiger partial charge in [-0.3, -0.25) is 19.3 Å². The van der Waals surface area contributed by atoms with Gasteiger partial charge in [0.15, 0.2) is 0 Å². The van der Waals surface area contributed by atoms with Crippen molar-refractivity contribution in [3.05, 3.63) is 71.3 Å². The molecule has 1 saturated heterocycles. The van der Waals surface area contributed by atoms with Crippen LogP contribution in [0.1, 0.15) is 27.9 Å². The smallest absolute Gasteiger partial charge is 0.255 e. The number of nitrogens with one attached hydrogen (secondary N) is 1. The number of anilines is 2. The van der Waals surface area contributed by atoms with E-state index in [4.69, 9.17) is 0 Å². The first-order valence-electron chi connectivity index (χ1n) is 11.0. The van der Waals surface area contributed by atoms with E-state index in [1.807, 2.05) is 32.0 Å². The fraction of sp³-hybridized carbons (Fsp3) is 0.346. The zero-order chi connectivity index (χ0) is 21.4. The highest BCUT2D eigenvalue weighted by Gasteiger charge is 2.67. The first-order chi connectivity index (χ1) is 14.9. The molecule has 0 radical (unpaired) electrons. The SMILES string of the molecule is Cc1ccc(NC(=O)c2ccc(N3C(=O)[C@@H]4[C@H]5C=C[C@@H]([C@@H]6C[C@@H]56)[C@H]4C3=O)cc2)c(C)c1. The molecule has 3 amide bonds. The number of hydrogen-bond acceptors (Lipinski definition) is 3. The van der Waals surface area contributed by atoms with E-state index in [0.717, 1.165) is 23.2 Å². The van der Waals surface area contributed by atoms with Crippen molar-refractivity contribution in [2.24, 2.45) is 35.5 Å². The molecule has 5 nitrogen and oxygen atoms in total. The Morgan fingerprint density at radius 2 is 1.52 bits per heavy atom. The standard InChI is InChI=1S/C26H24N2O3/c1-13-3-10-21(14(2)11-13)27-24(29)15-4-6-16(7-5-15)28-25(30)22-17-8-9-18(20-12-19(17)20)23(22)26(28)31/h3-11,17-20,22-23H,12H2,1-2H3,(H,27,29)/t17-,18-,19-,20-,22+,23+/m0/s1. The Hall–Kier alpha value is -3.21. The second kappa shape index (κ2) is 6.39. The van der Waals surface area contributed by atoms with Gasteiger partial charge in [-0.25, -0.2) is 0 Å². The van der Waals surface area contributed by atoms with Gasteiger partial charge in [0.2, 0.25) is 11.8 Å².